The van der Waals surface area contributed by atoms with Gasteiger partial charge < -0.3 is 9.84 Å². The SMILES string of the molecule is CC(C)(CCC(=O)O)NS(=O)(=O)N1CCOCC1. The molecule has 0 saturated carbocycles. The van der Waals surface area contributed by atoms with Crippen LogP contribution in [0.15, 0.2) is 0 Å². The van der Waals surface area contributed by atoms with E-state index in [1.165, 1.54) is 4.31 Å². The van der Waals surface area contributed by atoms with E-state index < -0.39 is 21.7 Å². The molecule has 2 N–H and O–H groups in total. The number of nitrogens with zero attached hydrogens (tertiary/aromatic N) is 1. The Morgan fingerprint density at radius 1 is 1.39 bits per heavy atom. The second kappa shape index (κ2) is 5.96. The van der Waals surface area contributed by atoms with Gasteiger partial charge in [-0.2, -0.15) is 17.4 Å². The molecule has 0 aromatic carbocycles. The van der Waals surface area contributed by atoms with Gasteiger partial charge in [-0.05, 0) is 20.3 Å². The van der Waals surface area contributed by atoms with E-state index >= 15 is 0 Å². The average Bonchev–Trinajstić information content (AvgIpc) is 2.26. The molecule has 0 spiro atoms. The van der Waals surface area contributed by atoms with Gasteiger partial charge in [0.2, 0.25) is 0 Å². The Bertz CT molecular complexity index is 387. The van der Waals surface area contributed by atoms with Gasteiger partial charge in [0.25, 0.3) is 10.2 Å². The van der Waals surface area contributed by atoms with Gasteiger partial charge >= 0.3 is 5.97 Å². The summed E-state index contributed by atoms with van der Waals surface area (Å²) >= 11 is 0. The molecule has 0 aromatic heterocycles. The van der Waals surface area contributed by atoms with E-state index in [1.807, 2.05) is 0 Å². The lowest BCUT2D eigenvalue weighted by Gasteiger charge is -2.32. The molecule has 1 rings (SSSR count). The fraction of sp³-hybridized carbons (Fsp3) is 0.900. The van der Waals surface area contributed by atoms with Crippen molar-refractivity contribution in [2.24, 2.45) is 0 Å². The van der Waals surface area contributed by atoms with Gasteiger partial charge in [0.05, 0.1) is 13.2 Å². The summed E-state index contributed by atoms with van der Waals surface area (Å²) in [5, 5.41) is 8.62. The zero-order chi connectivity index (χ0) is 13.8. The molecule has 0 aliphatic carbocycles. The highest BCUT2D eigenvalue weighted by atomic mass is 32.2. The summed E-state index contributed by atoms with van der Waals surface area (Å²) in [6.45, 7) is 4.77. The molecule has 18 heavy (non-hydrogen) atoms. The molecule has 8 heteroatoms. The molecule has 1 aliphatic heterocycles. The number of carboxylic acids is 1. The molecule has 0 unspecified atom stereocenters. The van der Waals surface area contributed by atoms with E-state index in [-0.39, 0.29) is 12.8 Å². The summed E-state index contributed by atoms with van der Waals surface area (Å²) in [5.74, 6) is -0.936. The summed E-state index contributed by atoms with van der Waals surface area (Å²) in [4.78, 5) is 10.5. The molecule has 1 aliphatic rings. The molecule has 106 valence electrons. The third kappa shape index (κ3) is 4.89. The third-order valence-corrected chi connectivity index (χ3v) is 4.53. The number of rotatable bonds is 6. The van der Waals surface area contributed by atoms with Crippen molar-refractivity contribution in [2.45, 2.75) is 32.2 Å². The number of nitrogens with one attached hydrogen (secondary N) is 1. The smallest absolute Gasteiger partial charge is 0.303 e. The highest BCUT2D eigenvalue weighted by Gasteiger charge is 2.31. The van der Waals surface area contributed by atoms with Crippen molar-refractivity contribution in [3.63, 3.8) is 0 Å². The largest absolute Gasteiger partial charge is 0.481 e. The minimum absolute atomic E-state index is 0.0708. The van der Waals surface area contributed by atoms with E-state index in [9.17, 15) is 13.2 Å². The Morgan fingerprint density at radius 2 is 1.94 bits per heavy atom. The van der Waals surface area contributed by atoms with E-state index in [0.717, 1.165) is 0 Å². The highest BCUT2D eigenvalue weighted by Crippen LogP contribution is 2.15. The Kier molecular flexibility index (Phi) is 5.09. The molecule has 1 heterocycles. The molecule has 7 nitrogen and oxygen atoms in total. The molecule has 0 aromatic rings. The van der Waals surface area contributed by atoms with Crippen LogP contribution in [-0.2, 0) is 19.7 Å². The average molecular weight is 280 g/mol. The molecular weight excluding hydrogens is 260 g/mol. The van der Waals surface area contributed by atoms with Crippen LogP contribution >= 0.6 is 0 Å². The molecule has 0 bridgehead atoms. The minimum Gasteiger partial charge on any atom is -0.481 e. The standard InChI is InChI=1S/C10H20N2O5S/c1-10(2,4-3-9(13)14)11-18(15,16)12-5-7-17-8-6-12/h11H,3-8H2,1-2H3,(H,13,14). The molecule has 0 atom stereocenters. The van der Waals surface area contributed by atoms with Crippen LogP contribution in [0.5, 0.6) is 0 Å². The second-order valence-electron chi connectivity index (χ2n) is 4.90. The zero-order valence-corrected chi connectivity index (χ0v) is 11.5. The summed E-state index contributed by atoms with van der Waals surface area (Å²) in [7, 11) is -3.58. The van der Waals surface area contributed by atoms with Crippen LogP contribution in [-0.4, -0.2) is 55.6 Å². The van der Waals surface area contributed by atoms with Gasteiger partial charge in [0.1, 0.15) is 0 Å². The Balaban J connectivity index is 2.60. The normalized spacial score (nSPS) is 18.8. The van der Waals surface area contributed by atoms with Crippen LogP contribution in [0, 0.1) is 0 Å². The maximum absolute atomic E-state index is 12.1. The Labute approximate surface area is 107 Å². The quantitative estimate of drug-likeness (QED) is 0.702. The van der Waals surface area contributed by atoms with Crippen LogP contribution in [0.4, 0.5) is 0 Å². The van der Waals surface area contributed by atoms with Crippen molar-refractivity contribution in [1.82, 2.24) is 9.03 Å². The molecule has 1 fully saturated rings. The minimum atomic E-state index is -3.58. The number of carbonyl (C=O) groups is 1. The zero-order valence-electron chi connectivity index (χ0n) is 10.7. The van der Waals surface area contributed by atoms with Gasteiger partial charge in [-0.1, -0.05) is 0 Å². The summed E-state index contributed by atoms with van der Waals surface area (Å²) in [5.41, 5.74) is -0.782. The van der Waals surface area contributed by atoms with Crippen LogP contribution < -0.4 is 4.72 Å². The van der Waals surface area contributed by atoms with Crippen molar-refractivity contribution >= 4 is 16.2 Å². The van der Waals surface area contributed by atoms with Crippen LogP contribution in [0.2, 0.25) is 0 Å². The van der Waals surface area contributed by atoms with Crippen molar-refractivity contribution in [1.29, 1.82) is 0 Å². The first-order chi connectivity index (χ1) is 8.23. The first kappa shape index (κ1) is 15.4. The van der Waals surface area contributed by atoms with Gasteiger partial charge in [0.15, 0.2) is 0 Å². The number of morpholine rings is 1. The molecule has 0 radical (unpaired) electrons. The summed E-state index contributed by atoms with van der Waals surface area (Å²) < 4.78 is 33.1. The van der Waals surface area contributed by atoms with Crippen LogP contribution in [0.25, 0.3) is 0 Å². The lowest BCUT2D eigenvalue weighted by Crippen LogP contribution is -2.53. The fourth-order valence-electron chi connectivity index (χ4n) is 1.67. The Hall–Kier alpha value is -0.700. The molecule has 1 saturated heterocycles. The number of hydrogen-bond donors (Lipinski definition) is 2. The van der Waals surface area contributed by atoms with Gasteiger partial charge in [-0.25, -0.2) is 0 Å². The van der Waals surface area contributed by atoms with Crippen LogP contribution in [0.3, 0.4) is 0 Å². The van der Waals surface area contributed by atoms with Crippen LogP contribution in [0.1, 0.15) is 26.7 Å². The van der Waals surface area contributed by atoms with Crippen molar-refractivity contribution in [2.75, 3.05) is 26.3 Å². The van der Waals surface area contributed by atoms with E-state index in [4.69, 9.17) is 9.84 Å². The topological polar surface area (TPSA) is 95.9 Å². The lowest BCUT2D eigenvalue weighted by atomic mass is 10.0. The summed E-state index contributed by atoms with van der Waals surface area (Å²) in [6, 6.07) is 0. The second-order valence-corrected chi connectivity index (χ2v) is 6.57. The number of carboxylic acid groups (broad SMARTS) is 1. The predicted octanol–water partition coefficient (Wildman–Crippen LogP) is -0.204. The first-order valence-electron chi connectivity index (χ1n) is 5.81. The number of hydrogen-bond acceptors (Lipinski definition) is 4. The van der Waals surface area contributed by atoms with E-state index in [2.05, 4.69) is 4.72 Å². The third-order valence-electron chi connectivity index (χ3n) is 2.68. The number of aliphatic carboxylic acids is 1. The maximum Gasteiger partial charge on any atom is 0.303 e. The highest BCUT2D eigenvalue weighted by molar-refractivity contribution is 7.87. The fourth-order valence-corrected chi connectivity index (χ4v) is 3.23. The van der Waals surface area contributed by atoms with E-state index in [1.54, 1.807) is 13.8 Å². The Morgan fingerprint density at radius 3 is 2.44 bits per heavy atom. The van der Waals surface area contributed by atoms with Crippen molar-refractivity contribution in [3.05, 3.63) is 0 Å². The monoisotopic (exact) mass is 280 g/mol. The first-order valence-corrected chi connectivity index (χ1v) is 7.25. The van der Waals surface area contributed by atoms with Gasteiger partial charge in [-0.3, -0.25) is 4.79 Å². The number of ether oxygens (including phenoxy) is 1. The van der Waals surface area contributed by atoms with Crippen molar-refractivity contribution in [3.8, 4) is 0 Å². The van der Waals surface area contributed by atoms with E-state index in [0.29, 0.717) is 26.3 Å². The summed E-state index contributed by atoms with van der Waals surface area (Å²) in [6.07, 6.45) is 0.171. The van der Waals surface area contributed by atoms with Gasteiger partial charge in [0, 0.05) is 25.0 Å². The molecular formula is C10H20N2O5S. The lowest BCUT2D eigenvalue weighted by molar-refractivity contribution is -0.137. The molecule has 0 amide bonds. The maximum atomic E-state index is 12.1. The van der Waals surface area contributed by atoms with Gasteiger partial charge in [-0.15, -0.1) is 0 Å². The predicted molar refractivity (Wildman–Crippen MR) is 65.4 cm³/mol. The van der Waals surface area contributed by atoms with Crippen molar-refractivity contribution < 1.29 is 23.1 Å².